The Morgan fingerprint density at radius 2 is 1.95 bits per heavy atom. The van der Waals surface area contributed by atoms with E-state index >= 15 is 0 Å². The highest BCUT2D eigenvalue weighted by Gasteiger charge is 2.25. The predicted molar refractivity (Wildman–Crippen MR) is 76.4 cm³/mol. The fraction of sp³-hybridized carbons (Fsp3) is 0.692. The van der Waals surface area contributed by atoms with E-state index in [1.54, 1.807) is 34.6 Å². The fourth-order valence-electron chi connectivity index (χ4n) is 1.65. The van der Waals surface area contributed by atoms with Crippen LogP contribution in [0.15, 0.2) is 0 Å². The molecule has 0 aliphatic rings. The topological polar surface area (TPSA) is 127 Å². The van der Waals surface area contributed by atoms with Gasteiger partial charge in [0.15, 0.2) is 5.69 Å². The molecule has 1 heterocycles. The molecule has 1 aromatic heterocycles. The summed E-state index contributed by atoms with van der Waals surface area (Å²) >= 11 is 0. The molecule has 2 unspecified atom stereocenters. The Bertz CT molecular complexity index is 547. The monoisotopic (exact) mass is 314 g/mol. The molecule has 1 rings (SSSR count). The molecule has 0 fully saturated rings. The number of nitrogens with one attached hydrogen (secondary N) is 1. The van der Waals surface area contributed by atoms with Gasteiger partial charge in [-0.2, -0.15) is 0 Å². The zero-order valence-corrected chi connectivity index (χ0v) is 13.3. The second-order valence-electron chi connectivity index (χ2n) is 5.97. The van der Waals surface area contributed by atoms with Gasteiger partial charge in [-0.3, -0.25) is 0 Å². The van der Waals surface area contributed by atoms with Crippen LogP contribution in [0.1, 0.15) is 56.8 Å². The highest BCUT2D eigenvalue weighted by Crippen LogP contribution is 2.16. The number of aromatic nitrogens is 3. The Kier molecular flexibility index (Phi) is 5.48. The van der Waals surface area contributed by atoms with Crippen LogP contribution in [0.5, 0.6) is 0 Å². The van der Waals surface area contributed by atoms with Gasteiger partial charge < -0.3 is 20.3 Å². The number of amides is 1. The molecule has 0 saturated carbocycles. The number of carboxylic acid groups (broad SMARTS) is 1. The molecule has 0 aromatic carbocycles. The van der Waals surface area contributed by atoms with Gasteiger partial charge in [-0.15, -0.1) is 5.10 Å². The smallest absolute Gasteiger partial charge is 0.407 e. The summed E-state index contributed by atoms with van der Waals surface area (Å²) < 4.78 is 6.37. The molecule has 3 N–H and O–H groups in total. The third-order valence-electron chi connectivity index (χ3n) is 2.88. The van der Waals surface area contributed by atoms with Crippen LogP contribution in [0.3, 0.4) is 0 Å². The van der Waals surface area contributed by atoms with Crippen molar-refractivity contribution < 1.29 is 24.5 Å². The molecule has 0 radical (unpaired) electrons. The molecular formula is C13H22N4O5. The number of rotatable bonds is 5. The summed E-state index contributed by atoms with van der Waals surface area (Å²) in [6.07, 6.45) is -1.44. The molecule has 124 valence electrons. The molecule has 0 aliphatic carbocycles. The highest BCUT2D eigenvalue weighted by molar-refractivity contribution is 5.86. The van der Waals surface area contributed by atoms with E-state index in [9.17, 15) is 14.7 Å². The third kappa shape index (κ3) is 4.69. The number of aliphatic hydroxyl groups excluding tert-OH is 1. The summed E-state index contributed by atoms with van der Waals surface area (Å²) in [5.74, 6) is -1.26. The molecule has 1 amide bonds. The van der Waals surface area contributed by atoms with Crippen molar-refractivity contribution in [2.24, 2.45) is 0 Å². The molecule has 0 saturated heterocycles. The van der Waals surface area contributed by atoms with Gasteiger partial charge in [0.05, 0.1) is 24.4 Å². The largest absolute Gasteiger partial charge is 0.476 e. The van der Waals surface area contributed by atoms with Crippen LogP contribution in [0, 0.1) is 0 Å². The number of carboxylic acids is 1. The second-order valence-corrected chi connectivity index (χ2v) is 5.97. The lowest BCUT2D eigenvalue weighted by molar-refractivity contribution is 0.0518. The maximum Gasteiger partial charge on any atom is 0.407 e. The Labute approximate surface area is 128 Å². The number of alkyl carbamates (subject to hydrolysis) is 1. The average molecular weight is 314 g/mol. The number of carbonyl (C=O) groups is 2. The number of hydrogen-bond donors (Lipinski definition) is 3. The molecule has 2 atom stereocenters. The summed E-state index contributed by atoms with van der Waals surface area (Å²) in [4.78, 5) is 22.8. The normalized spacial score (nSPS) is 14.3. The lowest BCUT2D eigenvalue weighted by Gasteiger charge is -2.21. The van der Waals surface area contributed by atoms with Crippen molar-refractivity contribution in [1.29, 1.82) is 0 Å². The Hall–Kier alpha value is -2.16. The molecule has 0 bridgehead atoms. The maximum atomic E-state index is 11.7. The van der Waals surface area contributed by atoms with Crippen molar-refractivity contribution in [3.63, 3.8) is 0 Å². The van der Waals surface area contributed by atoms with Gasteiger partial charge in [-0.1, -0.05) is 5.21 Å². The SMILES string of the molecule is CC(O)C(C)n1nnc(C(=O)O)c1CNC(=O)OC(C)(C)C. The van der Waals surface area contributed by atoms with Crippen LogP contribution >= 0.6 is 0 Å². The third-order valence-corrected chi connectivity index (χ3v) is 2.88. The fourth-order valence-corrected chi connectivity index (χ4v) is 1.65. The Morgan fingerprint density at radius 1 is 1.36 bits per heavy atom. The molecular weight excluding hydrogens is 292 g/mol. The van der Waals surface area contributed by atoms with Crippen LogP contribution in [0.4, 0.5) is 4.79 Å². The molecule has 1 aromatic rings. The molecule has 0 aliphatic heterocycles. The zero-order chi connectivity index (χ0) is 17.1. The number of aromatic carboxylic acids is 1. The standard InChI is InChI=1S/C13H22N4O5/c1-7(8(2)18)17-9(10(11(19)20)15-16-17)6-14-12(21)22-13(3,4)5/h7-8,18H,6H2,1-5H3,(H,14,21)(H,19,20). The van der Waals surface area contributed by atoms with Crippen LogP contribution < -0.4 is 5.32 Å². The number of nitrogens with zero attached hydrogens (tertiary/aromatic N) is 3. The van der Waals surface area contributed by atoms with Crippen LogP contribution in [0.25, 0.3) is 0 Å². The van der Waals surface area contributed by atoms with E-state index in [4.69, 9.17) is 9.84 Å². The number of aliphatic hydroxyl groups is 1. The Balaban J connectivity index is 2.94. The van der Waals surface area contributed by atoms with Crippen molar-refractivity contribution in [2.75, 3.05) is 0 Å². The molecule has 9 nitrogen and oxygen atoms in total. The summed E-state index contributed by atoms with van der Waals surface area (Å²) in [5.41, 5.74) is -0.749. The highest BCUT2D eigenvalue weighted by atomic mass is 16.6. The van der Waals surface area contributed by atoms with E-state index in [-0.39, 0.29) is 17.9 Å². The van der Waals surface area contributed by atoms with Gasteiger partial charge in [0.2, 0.25) is 0 Å². The summed E-state index contributed by atoms with van der Waals surface area (Å²) in [7, 11) is 0. The van der Waals surface area contributed by atoms with Crippen molar-refractivity contribution in [3.8, 4) is 0 Å². The van der Waals surface area contributed by atoms with Crippen LogP contribution in [-0.4, -0.2) is 49.0 Å². The first-order valence-electron chi connectivity index (χ1n) is 6.85. The Morgan fingerprint density at radius 3 is 2.41 bits per heavy atom. The van der Waals surface area contributed by atoms with E-state index in [1.165, 1.54) is 4.68 Å². The lowest BCUT2D eigenvalue weighted by Crippen LogP contribution is -2.33. The molecule has 9 heteroatoms. The first-order valence-corrected chi connectivity index (χ1v) is 6.85. The van der Waals surface area contributed by atoms with Crippen molar-refractivity contribution in [3.05, 3.63) is 11.4 Å². The van der Waals surface area contributed by atoms with Gasteiger partial charge in [0, 0.05) is 0 Å². The van der Waals surface area contributed by atoms with Gasteiger partial charge >= 0.3 is 12.1 Å². The first kappa shape index (κ1) is 17.9. The predicted octanol–water partition coefficient (Wildman–Crippen LogP) is 0.943. The summed E-state index contributed by atoms with van der Waals surface area (Å²) in [5, 5.41) is 28.5. The number of ether oxygens (including phenoxy) is 1. The first-order chi connectivity index (χ1) is 10.0. The van der Waals surface area contributed by atoms with E-state index < -0.39 is 29.8 Å². The van der Waals surface area contributed by atoms with E-state index in [2.05, 4.69) is 15.6 Å². The minimum Gasteiger partial charge on any atom is -0.476 e. The molecule has 0 spiro atoms. The average Bonchev–Trinajstić information content (AvgIpc) is 2.76. The van der Waals surface area contributed by atoms with E-state index in [0.29, 0.717) is 0 Å². The number of carbonyl (C=O) groups excluding carboxylic acids is 1. The van der Waals surface area contributed by atoms with E-state index in [0.717, 1.165) is 0 Å². The zero-order valence-electron chi connectivity index (χ0n) is 13.3. The quantitative estimate of drug-likeness (QED) is 0.738. The van der Waals surface area contributed by atoms with Gasteiger partial charge in [-0.25, -0.2) is 14.3 Å². The number of hydrogen-bond acceptors (Lipinski definition) is 6. The van der Waals surface area contributed by atoms with Crippen molar-refractivity contribution in [2.45, 2.75) is 58.9 Å². The summed E-state index contributed by atoms with van der Waals surface area (Å²) in [6, 6.07) is -0.490. The van der Waals surface area contributed by atoms with Crippen molar-refractivity contribution in [1.82, 2.24) is 20.3 Å². The van der Waals surface area contributed by atoms with Crippen LogP contribution in [0.2, 0.25) is 0 Å². The summed E-state index contributed by atoms with van der Waals surface area (Å²) in [6.45, 7) is 8.25. The minimum atomic E-state index is -1.26. The maximum absolute atomic E-state index is 11.7. The molecule has 22 heavy (non-hydrogen) atoms. The van der Waals surface area contributed by atoms with Crippen LogP contribution in [-0.2, 0) is 11.3 Å². The van der Waals surface area contributed by atoms with E-state index in [1.807, 2.05) is 0 Å². The minimum absolute atomic E-state index is 0.124. The van der Waals surface area contributed by atoms with Crippen molar-refractivity contribution >= 4 is 12.1 Å². The van der Waals surface area contributed by atoms with Gasteiger partial charge in [-0.05, 0) is 34.6 Å². The second kappa shape index (κ2) is 6.73. The van der Waals surface area contributed by atoms with Gasteiger partial charge in [0.25, 0.3) is 0 Å². The van der Waals surface area contributed by atoms with Gasteiger partial charge in [0.1, 0.15) is 5.60 Å². The lowest BCUT2D eigenvalue weighted by atomic mass is 10.2.